The highest BCUT2D eigenvalue weighted by Crippen LogP contribution is 2.35. The Morgan fingerprint density at radius 1 is 1.17 bits per heavy atom. The van der Waals surface area contributed by atoms with Crippen molar-refractivity contribution in [3.8, 4) is 22.6 Å². The summed E-state index contributed by atoms with van der Waals surface area (Å²) in [5.74, 6) is 0.979. The van der Waals surface area contributed by atoms with Crippen molar-refractivity contribution < 1.29 is 13.9 Å². The van der Waals surface area contributed by atoms with Crippen LogP contribution in [-0.2, 0) is 16.0 Å². The maximum atomic E-state index is 14.6. The Morgan fingerprint density at radius 3 is 2.75 bits per heavy atom. The van der Waals surface area contributed by atoms with Gasteiger partial charge in [0.25, 0.3) is 0 Å². The average Bonchev–Trinajstić information content (AvgIpc) is 3.41. The van der Waals surface area contributed by atoms with Gasteiger partial charge in [-0.25, -0.2) is 14.4 Å². The highest BCUT2D eigenvalue weighted by Gasteiger charge is 2.35. The minimum Gasteiger partial charge on any atom is -0.380 e. The molecule has 2 aliphatic rings. The zero-order valence-corrected chi connectivity index (χ0v) is 21.1. The molecule has 0 saturated carbocycles. The molecular weight excluding hydrogens is 459 g/mol. The van der Waals surface area contributed by atoms with Crippen LogP contribution >= 0.6 is 0 Å². The molecule has 3 aromatic heterocycles. The predicted molar refractivity (Wildman–Crippen MR) is 137 cm³/mol. The first-order chi connectivity index (χ1) is 17.3. The maximum absolute atomic E-state index is 14.6. The number of H-pyrrole nitrogens is 1. The molecule has 0 amide bonds. The van der Waals surface area contributed by atoms with Gasteiger partial charge in [-0.05, 0) is 39.0 Å². The SMILES string of the molecule is Cc1nn(CC2(C)COC2)c(C)c1-c1cc(N2CCOC[C@H]2C)nc(-c2cc(F)cc3[nH]ccc23)n1. The molecule has 0 radical (unpaired) electrons. The van der Waals surface area contributed by atoms with Crippen LogP contribution in [-0.4, -0.2) is 63.7 Å². The molecule has 5 heterocycles. The summed E-state index contributed by atoms with van der Waals surface area (Å²) in [6.07, 6.45) is 1.81. The van der Waals surface area contributed by atoms with Gasteiger partial charge in [-0.3, -0.25) is 4.68 Å². The van der Waals surface area contributed by atoms with Gasteiger partial charge < -0.3 is 19.4 Å². The van der Waals surface area contributed by atoms with E-state index in [1.54, 1.807) is 0 Å². The van der Waals surface area contributed by atoms with Crippen LogP contribution in [0.5, 0.6) is 0 Å². The van der Waals surface area contributed by atoms with Crippen LogP contribution in [0.25, 0.3) is 33.5 Å². The Balaban J connectivity index is 1.52. The van der Waals surface area contributed by atoms with Crippen molar-refractivity contribution in [2.24, 2.45) is 5.41 Å². The van der Waals surface area contributed by atoms with Gasteiger partial charge in [0.05, 0.1) is 50.4 Å². The summed E-state index contributed by atoms with van der Waals surface area (Å²) in [5, 5.41) is 5.76. The molecule has 0 unspecified atom stereocenters. The number of benzene rings is 1. The molecule has 188 valence electrons. The van der Waals surface area contributed by atoms with E-state index in [2.05, 4.69) is 35.3 Å². The fourth-order valence-corrected chi connectivity index (χ4v) is 5.34. The number of hydrogen-bond donors (Lipinski definition) is 1. The molecule has 6 rings (SSSR count). The molecule has 36 heavy (non-hydrogen) atoms. The third kappa shape index (κ3) is 3.96. The molecule has 8 nitrogen and oxygen atoms in total. The van der Waals surface area contributed by atoms with Gasteiger partial charge in [-0.2, -0.15) is 5.10 Å². The van der Waals surface area contributed by atoms with Crippen molar-refractivity contribution in [2.45, 2.75) is 40.3 Å². The normalized spacial score (nSPS) is 19.6. The topological polar surface area (TPSA) is 81.1 Å². The summed E-state index contributed by atoms with van der Waals surface area (Å²) in [5.41, 5.74) is 5.22. The zero-order chi connectivity index (χ0) is 25.0. The lowest BCUT2D eigenvalue weighted by Gasteiger charge is -2.38. The van der Waals surface area contributed by atoms with Crippen LogP contribution in [0, 0.1) is 25.1 Å². The van der Waals surface area contributed by atoms with E-state index in [1.807, 2.05) is 25.3 Å². The molecule has 9 heteroatoms. The second kappa shape index (κ2) is 8.67. The Hall–Kier alpha value is -3.30. The third-order valence-electron chi connectivity index (χ3n) is 7.32. The van der Waals surface area contributed by atoms with Gasteiger partial charge in [0.1, 0.15) is 11.6 Å². The monoisotopic (exact) mass is 490 g/mol. The molecule has 0 aliphatic carbocycles. The van der Waals surface area contributed by atoms with E-state index < -0.39 is 0 Å². The van der Waals surface area contributed by atoms with E-state index in [4.69, 9.17) is 24.5 Å². The number of anilines is 1. The van der Waals surface area contributed by atoms with Crippen molar-refractivity contribution in [3.05, 3.63) is 47.7 Å². The van der Waals surface area contributed by atoms with Crippen LogP contribution in [0.1, 0.15) is 25.2 Å². The number of aryl methyl sites for hydroxylation is 1. The first-order valence-corrected chi connectivity index (χ1v) is 12.4. The summed E-state index contributed by atoms with van der Waals surface area (Å²) in [7, 11) is 0. The highest BCUT2D eigenvalue weighted by molar-refractivity contribution is 5.94. The summed E-state index contributed by atoms with van der Waals surface area (Å²) in [4.78, 5) is 15.3. The van der Waals surface area contributed by atoms with Crippen LogP contribution in [0.3, 0.4) is 0 Å². The number of nitrogens with zero attached hydrogens (tertiary/aromatic N) is 5. The van der Waals surface area contributed by atoms with Gasteiger partial charge in [0.15, 0.2) is 5.82 Å². The molecule has 1 N–H and O–H groups in total. The van der Waals surface area contributed by atoms with E-state index in [0.29, 0.717) is 24.6 Å². The minimum atomic E-state index is -0.327. The Labute approximate surface area is 209 Å². The summed E-state index contributed by atoms with van der Waals surface area (Å²) in [6, 6.07) is 7.15. The van der Waals surface area contributed by atoms with Gasteiger partial charge in [-0.15, -0.1) is 0 Å². The number of fused-ring (bicyclic) bond motifs is 1. The first kappa shape index (κ1) is 23.1. The number of halogens is 1. The summed E-state index contributed by atoms with van der Waals surface area (Å²) in [6.45, 7) is 12.7. The van der Waals surface area contributed by atoms with E-state index in [9.17, 15) is 4.39 Å². The molecule has 1 atom stereocenters. The Bertz CT molecular complexity index is 1440. The number of ether oxygens (including phenoxy) is 2. The van der Waals surface area contributed by atoms with Gasteiger partial charge in [0.2, 0.25) is 0 Å². The van der Waals surface area contributed by atoms with Gasteiger partial charge in [-0.1, -0.05) is 6.92 Å². The quantitative estimate of drug-likeness (QED) is 0.444. The maximum Gasteiger partial charge on any atom is 0.162 e. The Kier molecular flexibility index (Phi) is 5.57. The molecule has 2 aliphatic heterocycles. The smallest absolute Gasteiger partial charge is 0.162 e. The van der Waals surface area contributed by atoms with E-state index in [1.165, 1.54) is 12.1 Å². The van der Waals surface area contributed by atoms with Crippen LogP contribution in [0.4, 0.5) is 10.2 Å². The second-order valence-corrected chi connectivity index (χ2v) is 10.5. The summed E-state index contributed by atoms with van der Waals surface area (Å²) < 4.78 is 27.8. The zero-order valence-electron chi connectivity index (χ0n) is 21.1. The lowest BCUT2D eigenvalue weighted by Crippen LogP contribution is -2.44. The second-order valence-electron chi connectivity index (χ2n) is 10.5. The number of hydrogen-bond acceptors (Lipinski definition) is 6. The molecule has 4 aromatic rings. The fourth-order valence-electron chi connectivity index (χ4n) is 5.34. The summed E-state index contributed by atoms with van der Waals surface area (Å²) >= 11 is 0. The molecule has 1 aromatic carbocycles. The average molecular weight is 491 g/mol. The van der Waals surface area contributed by atoms with E-state index in [-0.39, 0.29) is 17.3 Å². The van der Waals surface area contributed by atoms with E-state index >= 15 is 0 Å². The number of aromatic nitrogens is 5. The van der Waals surface area contributed by atoms with Crippen molar-refractivity contribution in [2.75, 3.05) is 37.9 Å². The fraction of sp³-hybridized carbons (Fsp3) is 0.444. The first-order valence-electron chi connectivity index (χ1n) is 12.4. The van der Waals surface area contributed by atoms with Crippen molar-refractivity contribution >= 4 is 16.7 Å². The van der Waals surface area contributed by atoms with Crippen LogP contribution < -0.4 is 4.90 Å². The van der Waals surface area contributed by atoms with Gasteiger partial charge >= 0.3 is 0 Å². The lowest BCUT2D eigenvalue weighted by molar-refractivity contribution is -0.111. The predicted octanol–water partition coefficient (Wildman–Crippen LogP) is 4.51. The molecule has 2 fully saturated rings. The molecule has 0 spiro atoms. The molecule has 2 saturated heterocycles. The third-order valence-corrected chi connectivity index (χ3v) is 7.32. The van der Waals surface area contributed by atoms with Gasteiger partial charge in [0, 0.05) is 51.9 Å². The van der Waals surface area contributed by atoms with Crippen molar-refractivity contribution in [1.82, 2.24) is 24.7 Å². The molecule has 0 bridgehead atoms. The molecular formula is C27H31FN6O2. The van der Waals surface area contributed by atoms with Crippen LogP contribution in [0.2, 0.25) is 0 Å². The van der Waals surface area contributed by atoms with Crippen LogP contribution in [0.15, 0.2) is 30.5 Å². The van der Waals surface area contributed by atoms with Crippen molar-refractivity contribution in [3.63, 3.8) is 0 Å². The number of aromatic amines is 1. The number of morpholine rings is 1. The number of rotatable bonds is 5. The standard InChI is InChI=1S/C27H31FN6O2/c1-16-12-35-8-7-33(16)24-11-23(25-17(2)32-34(18(25)3)13-27(4)14-36-15-27)30-26(31-24)21-9-19(28)10-22-20(21)5-6-29-22/h5-6,9-11,16,29H,7-8,12-15H2,1-4H3/t16-/m1/s1. The minimum absolute atomic E-state index is 0.0904. The van der Waals surface area contributed by atoms with Crippen molar-refractivity contribution in [1.29, 1.82) is 0 Å². The largest absolute Gasteiger partial charge is 0.380 e. The number of nitrogens with one attached hydrogen (secondary N) is 1. The Morgan fingerprint density at radius 2 is 2.00 bits per heavy atom. The lowest BCUT2D eigenvalue weighted by atomic mass is 9.89. The van der Waals surface area contributed by atoms with E-state index in [0.717, 1.165) is 65.7 Å². The highest BCUT2D eigenvalue weighted by atomic mass is 19.1.